The van der Waals surface area contributed by atoms with Crippen molar-refractivity contribution < 1.29 is 23.9 Å². The van der Waals surface area contributed by atoms with Gasteiger partial charge in [-0.15, -0.1) is 0 Å². The average molecular weight is 475 g/mol. The SMILES string of the molecule is O=C(O)CN1C(=O)S/C(=C/c2cc(Br)c(Sc3ccc(Cl)cc3)o2)C1=O. The Labute approximate surface area is 169 Å². The van der Waals surface area contributed by atoms with Gasteiger partial charge in [-0.1, -0.05) is 23.4 Å². The zero-order chi connectivity index (χ0) is 18.8. The lowest BCUT2D eigenvalue weighted by atomic mass is 10.3. The Morgan fingerprint density at radius 1 is 1.35 bits per heavy atom. The first-order valence-electron chi connectivity index (χ1n) is 7.03. The summed E-state index contributed by atoms with van der Waals surface area (Å²) in [7, 11) is 0. The molecule has 2 amide bonds. The van der Waals surface area contributed by atoms with Gasteiger partial charge < -0.3 is 9.52 Å². The van der Waals surface area contributed by atoms with Gasteiger partial charge in [0.2, 0.25) is 0 Å². The highest BCUT2D eigenvalue weighted by molar-refractivity contribution is 9.10. The third-order valence-corrected chi connectivity index (χ3v) is 6.15. The molecule has 0 spiro atoms. The largest absolute Gasteiger partial charge is 0.480 e. The van der Waals surface area contributed by atoms with E-state index in [0.717, 1.165) is 4.90 Å². The van der Waals surface area contributed by atoms with Crippen LogP contribution in [0, 0.1) is 0 Å². The van der Waals surface area contributed by atoms with Crippen molar-refractivity contribution in [3.05, 3.63) is 50.5 Å². The summed E-state index contributed by atoms with van der Waals surface area (Å²) in [5.74, 6) is -1.54. The molecule has 1 aliphatic rings. The van der Waals surface area contributed by atoms with Crippen LogP contribution in [0.5, 0.6) is 0 Å². The second kappa shape index (κ2) is 7.91. The quantitative estimate of drug-likeness (QED) is 0.612. The molecule has 6 nitrogen and oxygen atoms in total. The van der Waals surface area contributed by atoms with E-state index < -0.39 is 23.7 Å². The summed E-state index contributed by atoms with van der Waals surface area (Å²) in [6, 6.07) is 8.89. The van der Waals surface area contributed by atoms with Gasteiger partial charge in [0.1, 0.15) is 12.3 Å². The van der Waals surface area contributed by atoms with Crippen molar-refractivity contribution >= 4 is 74.2 Å². The van der Waals surface area contributed by atoms with E-state index in [1.54, 1.807) is 18.2 Å². The highest BCUT2D eigenvalue weighted by Gasteiger charge is 2.36. The molecule has 1 aromatic carbocycles. The molecular weight excluding hydrogens is 466 g/mol. The second-order valence-electron chi connectivity index (χ2n) is 5.00. The Morgan fingerprint density at radius 3 is 2.69 bits per heavy atom. The van der Waals surface area contributed by atoms with Crippen LogP contribution < -0.4 is 0 Å². The molecule has 1 aliphatic heterocycles. The summed E-state index contributed by atoms with van der Waals surface area (Å²) in [5, 5.41) is 9.35. The molecular formula is C16H9BrClNO5S2. The fraction of sp³-hybridized carbons (Fsp3) is 0.0625. The predicted octanol–water partition coefficient (Wildman–Crippen LogP) is 4.97. The maximum Gasteiger partial charge on any atom is 0.323 e. The van der Waals surface area contributed by atoms with Crippen LogP contribution in [0.25, 0.3) is 6.08 Å². The van der Waals surface area contributed by atoms with Gasteiger partial charge in [-0.2, -0.15) is 0 Å². The first-order chi connectivity index (χ1) is 12.3. The van der Waals surface area contributed by atoms with Crippen LogP contribution in [0.3, 0.4) is 0 Å². The fourth-order valence-corrected chi connectivity index (χ4v) is 4.29. The molecule has 1 aromatic heterocycles. The van der Waals surface area contributed by atoms with Gasteiger partial charge in [0.25, 0.3) is 11.1 Å². The van der Waals surface area contributed by atoms with Gasteiger partial charge in [-0.05, 0) is 58.0 Å². The number of furan rings is 1. The minimum Gasteiger partial charge on any atom is -0.480 e. The molecule has 1 saturated heterocycles. The van der Waals surface area contributed by atoms with Crippen molar-refractivity contribution in [1.82, 2.24) is 4.90 Å². The lowest BCUT2D eigenvalue weighted by Gasteiger charge is -2.07. The lowest BCUT2D eigenvalue weighted by molar-refractivity contribution is -0.140. The number of halogens is 2. The van der Waals surface area contributed by atoms with Crippen molar-refractivity contribution in [2.24, 2.45) is 0 Å². The number of hydrogen-bond donors (Lipinski definition) is 1. The van der Waals surface area contributed by atoms with E-state index in [1.807, 2.05) is 12.1 Å². The topological polar surface area (TPSA) is 87.8 Å². The number of hydrogen-bond acceptors (Lipinski definition) is 6. The maximum atomic E-state index is 12.2. The Balaban J connectivity index is 1.79. The minimum absolute atomic E-state index is 0.112. The van der Waals surface area contributed by atoms with Crippen molar-refractivity contribution in [2.45, 2.75) is 9.99 Å². The molecule has 0 atom stereocenters. The van der Waals surface area contributed by atoms with Gasteiger partial charge in [0.15, 0.2) is 5.09 Å². The monoisotopic (exact) mass is 473 g/mol. The Kier molecular flexibility index (Phi) is 5.81. The van der Waals surface area contributed by atoms with Crippen molar-refractivity contribution in [1.29, 1.82) is 0 Å². The number of imide groups is 1. The number of aliphatic carboxylic acids is 1. The molecule has 0 aliphatic carbocycles. The summed E-state index contributed by atoms with van der Waals surface area (Å²) < 4.78 is 6.39. The molecule has 2 aromatic rings. The smallest absolute Gasteiger partial charge is 0.323 e. The van der Waals surface area contributed by atoms with Crippen LogP contribution in [0.4, 0.5) is 4.79 Å². The molecule has 1 N–H and O–H groups in total. The van der Waals surface area contributed by atoms with Crippen molar-refractivity contribution in [2.75, 3.05) is 6.54 Å². The molecule has 134 valence electrons. The number of carbonyl (C=O) groups is 3. The van der Waals surface area contributed by atoms with Gasteiger partial charge in [0.05, 0.1) is 9.38 Å². The third kappa shape index (κ3) is 4.35. The highest BCUT2D eigenvalue weighted by Crippen LogP contribution is 2.38. The summed E-state index contributed by atoms with van der Waals surface area (Å²) in [6.45, 7) is -0.665. The first kappa shape index (κ1) is 19.1. The normalized spacial score (nSPS) is 15.9. The first-order valence-corrected chi connectivity index (χ1v) is 9.84. The van der Waals surface area contributed by atoms with E-state index in [4.69, 9.17) is 21.1 Å². The van der Waals surface area contributed by atoms with Crippen molar-refractivity contribution in [3.8, 4) is 0 Å². The number of amides is 2. The standard InChI is InChI=1S/C16H9BrClNO5S2/c17-11-5-9(24-15(11)25-10-3-1-8(18)2-4-10)6-12-14(22)19(7-13(20)21)16(23)26-12/h1-6H,7H2,(H,20,21)/b12-6+. The van der Waals surface area contributed by atoms with Crippen LogP contribution >= 0.6 is 51.1 Å². The Morgan fingerprint density at radius 2 is 2.04 bits per heavy atom. The summed E-state index contributed by atoms with van der Waals surface area (Å²) in [5.41, 5.74) is 0. The third-order valence-electron chi connectivity index (χ3n) is 3.14. The van der Waals surface area contributed by atoms with Gasteiger partial charge in [-0.25, -0.2) is 0 Å². The van der Waals surface area contributed by atoms with E-state index in [2.05, 4.69) is 15.9 Å². The van der Waals surface area contributed by atoms with Crippen LogP contribution in [-0.2, 0) is 9.59 Å². The summed E-state index contributed by atoms with van der Waals surface area (Å²) in [4.78, 5) is 36.4. The molecule has 10 heteroatoms. The molecule has 3 rings (SSSR count). The molecule has 0 unspecified atom stereocenters. The van der Waals surface area contributed by atoms with Gasteiger partial charge in [0, 0.05) is 16.0 Å². The van der Waals surface area contributed by atoms with Gasteiger partial charge in [-0.3, -0.25) is 19.3 Å². The summed E-state index contributed by atoms with van der Waals surface area (Å²) in [6.07, 6.45) is 1.42. The van der Waals surface area contributed by atoms with Gasteiger partial charge >= 0.3 is 5.97 Å². The fourth-order valence-electron chi connectivity index (χ4n) is 2.02. The highest BCUT2D eigenvalue weighted by atomic mass is 79.9. The number of carboxylic acids is 1. The minimum atomic E-state index is -1.25. The number of carboxylic acid groups (broad SMARTS) is 1. The summed E-state index contributed by atoms with van der Waals surface area (Å²) >= 11 is 11.3. The van der Waals surface area contributed by atoms with E-state index in [9.17, 15) is 14.4 Å². The van der Waals surface area contributed by atoms with E-state index in [-0.39, 0.29) is 4.91 Å². The zero-order valence-corrected chi connectivity index (χ0v) is 16.7. The number of rotatable bonds is 5. The Hall–Kier alpha value is -1.68. The molecule has 26 heavy (non-hydrogen) atoms. The van der Waals surface area contributed by atoms with Crippen LogP contribution in [0.2, 0.25) is 5.02 Å². The molecule has 0 bridgehead atoms. The van der Waals surface area contributed by atoms with E-state index >= 15 is 0 Å². The maximum absolute atomic E-state index is 12.2. The van der Waals surface area contributed by atoms with Crippen LogP contribution in [-0.4, -0.2) is 33.7 Å². The predicted molar refractivity (Wildman–Crippen MR) is 102 cm³/mol. The molecule has 2 heterocycles. The number of thioether (sulfide) groups is 1. The molecule has 0 radical (unpaired) electrons. The van der Waals surface area contributed by atoms with Crippen molar-refractivity contribution in [3.63, 3.8) is 0 Å². The zero-order valence-electron chi connectivity index (χ0n) is 12.8. The lowest BCUT2D eigenvalue weighted by Crippen LogP contribution is -2.33. The number of carbonyl (C=O) groups excluding carboxylic acids is 2. The average Bonchev–Trinajstić information content (AvgIpc) is 3.04. The number of benzene rings is 1. The molecule has 0 saturated carbocycles. The Bertz CT molecular complexity index is 925. The molecule has 1 fully saturated rings. The van der Waals surface area contributed by atoms with E-state index in [1.165, 1.54) is 17.8 Å². The van der Waals surface area contributed by atoms with Crippen LogP contribution in [0.1, 0.15) is 5.76 Å². The van der Waals surface area contributed by atoms with E-state index in [0.29, 0.717) is 37.0 Å². The number of nitrogens with zero attached hydrogens (tertiary/aromatic N) is 1. The van der Waals surface area contributed by atoms with Crippen LogP contribution in [0.15, 0.2) is 54.1 Å². The second-order valence-corrected chi connectivity index (χ2v) is 8.33.